The first-order valence-corrected chi connectivity index (χ1v) is 4.42. The van der Waals surface area contributed by atoms with Crippen LogP contribution < -0.4 is 0 Å². The van der Waals surface area contributed by atoms with Gasteiger partial charge in [-0.15, -0.1) is 0 Å². The summed E-state index contributed by atoms with van der Waals surface area (Å²) in [5.74, 6) is 0. The summed E-state index contributed by atoms with van der Waals surface area (Å²) in [7, 11) is 0. The highest BCUT2D eigenvalue weighted by molar-refractivity contribution is 5.61. The van der Waals surface area contributed by atoms with Crippen molar-refractivity contribution >= 4 is 6.29 Å². The SMILES string of the molecule is CCC1(C=O)CC2CCC1O2. The van der Waals surface area contributed by atoms with Crippen molar-refractivity contribution in [3.63, 3.8) is 0 Å². The molecule has 0 N–H and O–H groups in total. The highest BCUT2D eigenvalue weighted by Crippen LogP contribution is 2.48. The molecule has 0 aromatic heterocycles. The van der Waals surface area contributed by atoms with Gasteiger partial charge < -0.3 is 9.53 Å². The van der Waals surface area contributed by atoms with Crippen LogP contribution in [0.15, 0.2) is 0 Å². The van der Waals surface area contributed by atoms with E-state index in [-0.39, 0.29) is 11.5 Å². The Morgan fingerprint density at radius 2 is 2.45 bits per heavy atom. The summed E-state index contributed by atoms with van der Waals surface area (Å²) < 4.78 is 5.64. The van der Waals surface area contributed by atoms with Gasteiger partial charge in [0.2, 0.25) is 0 Å². The lowest BCUT2D eigenvalue weighted by molar-refractivity contribution is -0.119. The van der Waals surface area contributed by atoms with E-state index in [1.807, 2.05) is 0 Å². The van der Waals surface area contributed by atoms with Gasteiger partial charge in [-0.3, -0.25) is 0 Å². The summed E-state index contributed by atoms with van der Waals surface area (Å²) in [6.07, 6.45) is 5.93. The maximum absolute atomic E-state index is 10.9. The van der Waals surface area contributed by atoms with Crippen LogP contribution in [0.4, 0.5) is 0 Å². The van der Waals surface area contributed by atoms with E-state index >= 15 is 0 Å². The fraction of sp³-hybridized carbons (Fsp3) is 0.889. The molecule has 2 heterocycles. The van der Waals surface area contributed by atoms with E-state index in [0.29, 0.717) is 6.10 Å². The van der Waals surface area contributed by atoms with E-state index in [4.69, 9.17) is 4.74 Å². The summed E-state index contributed by atoms with van der Waals surface area (Å²) in [5.41, 5.74) is -0.108. The average molecular weight is 154 g/mol. The van der Waals surface area contributed by atoms with Crippen molar-refractivity contribution in [2.24, 2.45) is 5.41 Å². The fourth-order valence-corrected chi connectivity index (χ4v) is 2.41. The van der Waals surface area contributed by atoms with Crippen LogP contribution in [0.2, 0.25) is 0 Å². The third-order valence-corrected chi connectivity index (χ3v) is 3.25. The highest BCUT2D eigenvalue weighted by atomic mass is 16.5. The van der Waals surface area contributed by atoms with E-state index in [9.17, 15) is 4.79 Å². The molecule has 0 aromatic rings. The Kier molecular flexibility index (Phi) is 1.53. The van der Waals surface area contributed by atoms with E-state index < -0.39 is 0 Å². The van der Waals surface area contributed by atoms with Crippen LogP contribution in [-0.4, -0.2) is 18.5 Å². The predicted octanol–water partition coefficient (Wildman–Crippen LogP) is 1.53. The molecule has 0 spiro atoms. The van der Waals surface area contributed by atoms with Crippen molar-refractivity contribution < 1.29 is 9.53 Å². The quantitative estimate of drug-likeness (QED) is 0.564. The maximum atomic E-state index is 10.9. The molecule has 2 heteroatoms. The van der Waals surface area contributed by atoms with Crippen LogP contribution in [0.1, 0.15) is 32.6 Å². The standard InChI is InChI=1S/C9H14O2/c1-2-9(6-10)5-7-3-4-8(9)11-7/h6-8H,2-5H2,1H3. The van der Waals surface area contributed by atoms with Gasteiger partial charge in [0.25, 0.3) is 0 Å². The molecule has 62 valence electrons. The highest BCUT2D eigenvalue weighted by Gasteiger charge is 2.51. The van der Waals surface area contributed by atoms with Gasteiger partial charge in [0.15, 0.2) is 0 Å². The van der Waals surface area contributed by atoms with Crippen LogP contribution in [-0.2, 0) is 9.53 Å². The van der Waals surface area contributed by atoms with Gasteiger partial charge >= 0.3 is 0 Å². The first-order chi connectivity index (χ1) is 5.30. The Balaban J connectivity index is 2.20. The third kappa shape index (κ3) is 0.853. The molecule has 11 heavy (non-hydrogen) atoms. The Bertz CT molecular complexity index is 178. The molecule has 2 nitrogen and oxygen atoms in total. The third-order valence-electron chi connectivity index (χ3n) is 3.25. The molecule has 0 aromatic carbocycles. The number of hydrogen-bond donors (Lipinski definition) is 0. The van der Waals surface area contributed by atoms with Gasteiger partial charge in [0.05, 0.1) is 17.6 Å². The monoisotopic (exact) mass is 154 g/mol. The number of aldehydes is 1. The second kappa shape index (κ2) is 2.31. The first-order valence-electron chi connectivity index (χ1n) is 4.42. The fourth-order valence-electron chi connectivity index (χ4n) is 2.41. The molecule has 0 amide bonds. The number of ether oxygens (including phenoxy) is 1. The normalized spacial score (nSPS) is 48.1. The lowest BCUT2D eigenvalue weighted by atomic mass is 9.73. The summed E-state index contributed by atoms with van der Waals surface area (Å²) in [4.78, 5) is 10.9. The average Bonchev–Trinajstić information content (AvgIpc) is 2.62. The van der Waals surface area contributed by atoms with Crippen molar-refractivity contribution in [3.8, 4) is 0 Å². The molecule has 0 aliphatic carbocycles. The van der Waals surface area contributed by atoms with E-state index in [1.54, 1.807) is 0 Å². The van der Waals surface area contributed by atoms with Crippen molar-refractivity contribution in [2.45, 2.75) is 44.8 Å². The Hall–Kier alpha value is -0.370. The Labute approximate surface area is 66.9 Å². The van der Waals surface area contributed by atoms with Crippen molar-refractivity contribution in [3.05, 3.63) is 0 Å². The van der Waals surface area contributed by atoms with Crippen LogP contribution >= 0.6 is 0 Å². The zero-order valence-electron chi connectivity index (χ0n) is 6.88. The number of carbonyl (C=O) groups is 1. The van der Waals surface area contributed by atoms with Crippen molar-refractivity contribution in [1.82, 2.24) is 0 Å². The largest absolute Gasteiger partial charge is 0.374 e. The molecule has 2 rings (SSSR count). The van der Waals surface area contributed by atoms with Gasteiger partial charge in [-0.2, -0.15) is 0 Å². The molecule has 2 bridgehead atoms. The summed E-state index contributed by atoms with van der Waals surface area (Å²) in [6.45, 7) is 2.08. The molecule has 0 saturated carbocycles. The molecule has 2 fully saturated rings. The van der Waals surface area contributed by atoms with E-state index in [0.717, 1.165) is 25.5 Å². The van der Waals surface area contributed by atoms with Crippen molar-refractivity contribution in [1.29, 1.82) is 0 Å². The summed E-state index contributed by atoms with van der Waals surface area (Å²) in [5, 5.41) is 0. The second-order valence-electron chi connectivity index (χ2n) is 3.73. The number of fused-ring (bicyclic) bond motifs is 2. The lowest BCUT2D eigenvalue weighted by Crippen LogP contribution is -2.33. The predicted molar refractivity (Wildman–Crippen MR) is 41.3 cm³/mol. The van der Waals surface area contributed by atoms with Gasteiger partial charge in [0.1, 0.15) is 6.29 Å². The molecular formula is C9H14O2. The molecule has 2 aliphatic rings. The Morgan fingerprint density at radius 3 is 2.73 bits per heavy atom. The smallest absolute Gasteiger partial charge is 0.128 e. The number of carbonyl (C=O) groups excluding carboxylic acids is 1. The van der Waals surface area contributed by atoms with Gasteiger partial charge in [0, 0.05) is 0 Å². The molecular weight excluding hydrogens is 140 g/mol. The molecule has 0 radical (unpaired) electrons. The molecule has 3 unspecified atom stereocenters. The first kappa shape index (κ1) is 7.29. The zero-order valence-corrected chi connectivity index (χ0v) is 6.88. The van der Waals surface area contributed by atoms with Crippen LogP contribution in [0.3, 0.4) is 0 Å². The van der Waals surface area contributed by atoms with Crippen LogP contribution in [0, 0.1) is 5.41 Å². The molecule has 2 aliphatic heterocycles. The number of hydrogen-bond acceptors (Lipinski definition) is 2. The topological polar surface area (TPSA) is 26.3 Å². The van der Waals surface area contributed by atoms with Crippen LogP contribution in [0.5, 0.6) is 0 Å². The molecule has 2 saturated heterocycles. The molecule has 3 atom stereocenters. The summed E-state index contributed by atoms with van der Waals surface area (Å²) in [6, 6.07) is 0. The van der Waals surface area contributed by atoms with Crippen LogP contribution in [0.25, 0.3) is 0 Å². The number of rotatable bonds is 2. The second-order valence-corrected chi connectivity index (χ2v) is 3.73. The maximum Gasteiger partial charge on any atom is 0.128 e. The zero-order chi connectivity index (χ0) is 7.90. The van der Waals surface area contributed by atoms with Gasteiger partial charge in [-0.25, -0.2) is 0 Å². The lowest BCUT2D eigenvalue weighted by Gasteiger charge is -2.27. The van der Waals surface area contributed by atoms with E-state index in [1.165, 1.54) is 6.42 Å². The summed E-state index contributed by atoms with van der Waals surface area (Å²) >= 11 is 0. The minimum absolute atomic E-state index is 0.108. The van der Waals surface area contributed by atoms with Gasteiger partial charge in [-0.05, 0) is 25.7 Å². The van der Waals surface area contributed by atoms with Crippen molar-refractivity contribution in [2.75, 3.05) is 0 Å². The van der Waals surface area contributed by atoms with Gasteiger partial charge in [-0.1, -0.05) is 6.92 Å². The van der Waals surface area contributed by atoms with E-state index in [2.05, 4.69) is 6.92 Å². The Morgan fingerprint density at radius 1 is 1.64 bits per heavy atom. The minimum atomic E-state index is -0.108. The minimum Gasteiger partial charge on any atom is -0.374 e.